The molecule has 0 bridgehead atoms. The third kappa shape index (κ3) is 4.02. The fourth-order valence-corrected chi connectivity index (χ4v) is 4.98. The first kappa shape index (κ1) is 22.8. The van der Waals surface area contributed by atoms with Gasteiger partial charge in [0.1, 0.15) is 16.6 Å². The quantitative estimate of drug-likeness (QED) is 0.633. The average Bonchev–Trinajstić information content (AvgIpc) is 3.08. The van der Waals surface area contributed by atoms with Crippen LogP contribution in [0.3, 0.4) is 0 Å². The van der Waals surface area contributed by atoms with E-state index in [-0.39, 0.29) is 35.0 Å². The Hall–Kier alpha value is -2.42. The number of aromatic nitrogens is 2. The molecule has 4 rings (SSSR count). The predicted molar refractivity (Wildman–Crippen MR) is 115 cm³/mol. The second kappa shape index (κ2) is 8.50. The van der Waals surface area contributed by atoms with Crippen LogP contribution in [0.15, 0.2) is 24.3 Å². The predicted octanol–water partition coefficient (Wildman–Crippen LogP) is 5.61. The summed E-state index contributed by atoms with van der Waals surface area (Å²) in [5.74, 6) is 0.194. The van der Waals surface area contributed by atoms with E-state index in [0.29, 0.717) is 11.3 Å². The molecule has 1 aromatic heterocycles. The van der Waals surface area contributed by atoms with Crippen molar-refractivity contribution >= 4 is 23.3 Å². The third-order valence-corrected chi connectivity index (χ3v) is 6.80. The minimum atomic E-state index is -4.55. The average molecular weight is 471 g/mol. The maximum absolute atomic E-state index is 14.0. The molecule has 0 saturated carbocycles. The second-order valence-electron chi connectivity index (χ2n) is 8.56. The highest BCUT2D eigenvalue weighted by Gasteiger charge is 2.48. The molecule has 1 fully saturated rings. The topological polar surface area (TPSA) is 59.4 Å². The van der Waals surface area contributed by atoms with Crippen LogP contribution in [0.4, 0.5) is 19.0 Å². The lowest BCUT2D eigenvalue weighted by molar-refractivity contribution is -0.173. The number of alkyl halides is 3. The zero-order valence-electron chi connectivity index (χ0n) is 18.1. The normalized spacial score (nSPS) is 25.8. The van der Waals surface area contributed by atoms with Crippen LogP contribution in [0.5, 0.6) is 5.75 Å². The highest BCUT2D eigenvalue weighted by molar-refractivity contribution is 6.36. The van der Waals surface area contributed by atoms with Gasteiger partial charge in [-0.2, -0.15) is 18.3 Å². The van der Waals surface area contributed by atoms with Crippen LogP contribution >= 0.6 is 11.6 Å². The Morgan fingerprint density at radius 3 is 2.38 bits per heavy atom. The summed E-state index contributed by atoms with van der Waals surface area (Å²) in [6.45, 7) is 3.88. The van der Waals surface area contributed by atoms with Crippen LogP contribution in [0.25, 0.3) is 0 Å². The van der Waals surface area contributed by atoms with Gasteiger partial charge in [-0.15, -0.1) is 0 Å². The fourth-order valence-electron chi connectivity index (χ4n) is 4.72. The number of carbonyl (C=O) groups excluding carboxylic acids is 1. The Labute approximate surface area is 189 Å². The van der Waals surface area contributed by atoms with Gasteiger partial charge < -0.3 is 15.0 Å². The highest BCUT2D eigenvalue weighted by Crippen LogP contribution is 2.46. The Bertz CT molecular complexity index is 982. The summed E-state index contributed by atoms with van der Waals surface area (Å²) >= 11 is 6.49. The first-order valence-electron chi connectivity index (χ1n) is 10.7. The Morgan fingerprint density at radius 1 is 1.19 bits per heavy atom. The monoisotopic (exact) mass is 470 g/mol. The van der Waals surface area contributed by atoms with E-state index in [4.69, 9.17) is 16.3 Å². The molecule has 0 radical (unpaired) electrons. The van der Waals surface area contributed by atoms with Gasteiger partial charge in [0.2, 0.25) is 0 Å². The summed E-state index contributed by atoms with van der Waals surface area (Å²) in [6.07, 6.45) is -2.15. The number of rotatable bonds is 3. The van der Waals surface area contributed by atoms with Gasteiger partial charge in [0.15, 0.2) is 11.7 Å². The van der Waals surface area contributed by atoms with Gasteiger partial charge in [-0.05, 0) is 50.8 Å². The maximum Gasteiger partial charge on any atom is 0.410 e. The molecule has 2 aliphatic rings. The number of benzene rings is 1. The van der Waals surface area contributed by atoms with E-state index < -0.39 is 24.2 Å². The number of methoxy groups -OCH3 is 1. The molecular weight excluding hydrogens is 445 g/mol. The van der Waals surface area contributed by atoms with Gasteiger partial charge in [0.25, 0.3) is 5.91 Å². The lowest BCUT2D eigenvalue weighted by Crippen LogP contribution is -2.47. The van der Waals surface area contributed by atoms with Crippen molar-refractivity contribution in [3.63, 3.8) is 0 Å². The number of piperidine rings is 1. The number of anilines is 1. The van der Waals surface area contributed by atoms with Crippen LogP contribution in [0, 0.1) is 0 Å². The number of nitrogens with zero attached hydrogens (tertiary/aromatic N) is 3. The molecule has 4 atom stereocenters. The van der Waals surface area contributed by atoms with E-state index in [1.54, 1.807) is 29.2 Å². The molecule has 3 heterocycles. The van der Waals surface area contributed by atoms with Crippen LogP contribution < -0.4 is 10.1 Å². The zero-order chi connectivity index (χ0) is 23.2. The molecule has 174 valence electrons. The van der Waals surface area contributed by atoms with E-state index in [9.17, 15) is 18.0 Å². The van der Waals surface area contributed by atoms with Gasteiger partial charge in [0.05, 0.1) is 13.2 Å². The lowest BCUT2D eigenvalue weighted by atomic mass is 9.96. The molecule has 1 N–H and O–H groups in total. The number of hydrogen-bond donors (Lipinski definition) is 1. The highest BCUT2D eigenvalue weighted by atomic mass is 35.5. The van der Waals surface area contributed by atoms with Crippen LogP contribution in [-0.2, 0) is 0 Å². The van der Waals surface area contributed by atoms with E-state index in [1.807, 2.05) is 13.8 Å². The first-order valence-corrected chi connectivity index (χ1v) is 11.1. The number of amides is 1. The number of ether oxygens (including phenoxy) is 1. The largest absolute Gasteiger partial charge is 0.497 e. The molecular formula is C22H26ClF3N4O2. The van der Waals surface area contributed by atoms with Crippen LogP contribution in [0.1, 0.15) is 67.7 Å². The number of carbonyl (C=O) groups is 1. The van der Waals surface area contributed by atoms with Crippen LogP contribution in [0.2, 0.25) is 5.02 Å². The zero-order valence-corrected chi connectivity index (χ0v) is 18.9. The third-order valence-electron chi connectivity index (χ3n) is 6.44. The maximum atomic E-state index is 14.0. The molecule has 1 saturated heterocycles. The van der Waals surface area contributed by atoms with Crippen molar-refractivity contribution in [1.82, 2.24) is 14.7 Å². The van der Waals surface area contributed by atoms with Crippen molar-refractivity contribution in [2.45, 2.75) is 69.9 Å². The molecule has 6 nitrogen and oxygen atoms in total. The van der Waals surface area contributed by atoms with Crippen molar-refractivity contribution < 1.29 is 22.7 Å². The minimum Gasteiger partial charge on any atom is -0.497 e. The van der Waals surface area contributed by atoms with Crippen molar-refractivity contribution in [2.24, 2.45) is 0 Å². The summed E-state index contributed by atoms with van der Waals surface area (Å²) in [7, 11) is 1.52. The molecule has 0 unspecified atom stereocenters. The van der Waals surface area contributed by atoms with Gasteiger partial charge in [-0.25, -0.2) is 4.68 Å². The molecule has 2 aliphatic heterocycles. The minimum absolute atomic E-state index is 0.0155. The van der Waals surface area contributed by atoms with E-state index in [2.05, 4.69) is 10.4 Å². The Kier molecular flexibility index (Phi) is 6.04. The number of fused-ring (bicyclic) bond motifs is 1. The summed E-state index contributed by atoms with van der Waals surface area (Å²) < 4.78 is 48.0. The standard InChI is InChI=1S/C22H26ClF3N4O2/c1-12-5-4-6-13(2)29(12)21(31)19-18(23)20-27-16(14-7-9-15(32-3)10-8-14)11-17(22(24,25)26)30(20)28-19/h7-10,12-13,16-17,27H,4-6,11H2,1-3H3/t12-,13+,16-,17+/m1/s1. The van der Waals surface area contributed by atoms with Crippen LogP contribution in [-0.4, -0.2) is 46.0 Å². The van der Waals surface area contributed by atoms with E-state index in [0.717, 1.165) is 23.9 Å². The first-order chi connectivity index (χ1) is 15.1. The van der Waals surface area contributed by atoms with Gasteiger partial charge in [0, 0.05) is 18.5 Å². The molecule has 2 aromatic rings. The summed E-state index contributed by atoms with van der Waals surface area (Å²) in [5, 5.41) is 7.09. The van der Waals surface area contributed by atoms with E-state index in [1.165, 1.54) is 7.11 Å². The summed E-state index contributed by atoms with van der Waals surface area (Å²) in [5.41, 5.74) is 0.522. The fraction of sp³-hybridized carbons (Fsp3) is 0.545. The number of hydrogen-bond acceptors (Lipinski definition) is 4. The van der Waals surface area contributed by atoms with Crippen molar-refractivity contribution in [1.29, 1.82) is 0 Å². The molecule has 1 aromatic carbocycles. The number of nitrogens with one attached hydrogen (secondary N) is 1. The molecule has 0 spiro atoms. The van der Waals surface area contributed by atoms with Crippen molar-refractivity contribution in [2.75, 3.05) is 12.4 Å². The molecule has 32 heavy (non-hydrogen) atoms. The number of halogens is 4. The molecule has 0 aliphatic carbocycles. The van der Waals surface area contributed by atoms with Gasteiger partial charge >= 0.3 is 6.18 Å². The second-order valence-corrected chi connectivity index (χ2v) is 8.94. The van der Waals surface area contributed by atoms with Crippen molar-refractivity contribution in [3.05, 3.63) is 40.5 Å². The molecule has 1 amide bonds. The molecule has 10 heteroatoms. The Balaban J connectivity index is 1.72. The SMILES string of the molecule is COc1ccc([C@H]2C[C@@H](C(F)(F)F)n3nc(C(=O)N4[C@H](C)CCC[C@@H]4C)c(Cl)c3N2)cc1. The van der Waals surface area contributed by atoms with Crippen molar-refractivity contribution in [3.8, 4) is 5.75 Å². The van der Waals surface area contributed by atoms with Gasteiger partial charge in [-0.3, -0.25) is 4.79 Å². The van der Waals surface area contributed by atoms with Gasteiger partial charge in [-0.1, -0.05) is 23.7 Å². The van der Waals surface area contributed by atoms with E-state index >= 15 is 0 Å². The lowest BCUT2D eigenvalue weighted by Gasteiger charge is -2.38. The summed E-state index contributed by atoms with van der Waals surface area (Å²) in [6, 6.07) is 4.22. The smallest absolute Gasteiger partial charge is 0.410 e. The Morgan fingerprint density at radius 2 is 1.81 bits per heavy atom. The number of likely N-dealkylation sites (tertiary alicyclic amines) is 1. The summed E-state index contributed by atoms with van der Waals surface area (Å²) in [4.78, 5) is 15.0.